The highest BCUT2D eigenvalue weighted by molar-refractivity contribution is 5.13. The van der Waals surface area contributed by atoms with Gasteiger partial charge in [0.2, 0.25) is 0 Å². The van der Waals surface area contributed by atoms with Gasteiger partial charge < -0.3 is 5.32 Å². The molecule has 1 aliphatic rings. The van der Waals surface area contributed by atoms with E-state index in [-0.39, 0.29) is 0 Å². The first-order valence-electron chi connectivity index (χ1n) is 5.65. The van der Waals surface area contributed by atoms with Crippen molar-refractivity contribution in [1.29, 1.82) is 0 Å². The first-order chi connectivity index (χ1) is 7.29. The third-order valence-corrected chi connectivity index (χ3v) is 3.22. The molecular weight excluding hydrogens is 186 g/mol. The van der Waals surface area contributed by atoms with Gasteiger partial charge in [0.15, 0.2) is 0 Å². The molecule has 1 aromatic rings. The predicted octanol–water partition coefficient (Wildman–Crippen LogP) is 1.44. The largest absolute Gasteiger partial charge is 0.314 e. The summed E-state index contributed by atoms with van der Waals surface area (Å²) >= 11 is 0. The molecular formula is C12H19N3. The molecule has 15 heavy (non-hydrogen) atoms. The van der Waals surface area contributed by atoms with Crippen molar-refractivity contribution in [1.82, 2.24) is 15.2 Å². The lowest BCUT2D eigenvalue weighted by atomic mass is 10.1. The fourth-order valence-electron chi connectivity index (χ4n) is 2.25. The Morgan fingerprint density at radius 1 is 1.60 bits per heavy atom. The van der Waals surface area contributed by atoms with Crippen LogP contribution in [-0.2, 0) is 0 Å². The van der Waals surface area contributed by atoms with Crippen LogP contribution in [0.3, 0.4) is 0 Å². The molecule has 2 unspecified atom stereocenters. The zero-order valence-corrected chi connectivity index (χ0v) is 9.48. The molecule has 0 aliphatic carbocycles. The Morgan fingerprint density at radius 3 is 3.13 bits per heavy atom. The van der Waals surface area contributed by atoms with E-state index in [1.807, 2.05) is 18.5 Å². The molecule has 0 aromatic carbocycles. The topological polar surface area (TPSA) is 28.2 Å². The van der Waals surface area contributed by atoms with Crippen molar-refractivity contribution in [2.45, 2.75) is 25.9 Å². The van der Waals surface area contributed by atoms with E-state index in [9.17, 15) is 0 Å². The van der Waals surface area contributed by atoms with Crippen molar-refractivity contribution in [2.75, 3.05) is 19.6 Å². The van der Waals surface area contributed by atoms with Crippen molar-refractivity contribution in [2.24, 2.45) is 0 Å². The number of pyridine rings is 1. The van der Waals surface area contributed by atoms with Crippen LogP contribution in [0.2, 0.25) is 0 Å². The smallest absolute Gasteiger partial charge is 0.0339 e. The first kappa shape index (κ1) is 10.6. The second-order valence-electron chi connectivity index (χ2n) is 4.25. The van der Waals surface area contributed by atoms with Crippen molar-refractivity contribution < 1.29 is 0 Å². The molecule has 2 heterocycles. The van der Waals surface area contributed by atoms with E-state index >= 15 is 0 Å². The lowest BCUT2D eigenvalue weighted by molar-refractivity contribution is 0.126. The molecule has 2 rings (SSSR count). The maximum Gasteiger partial charge on any atom is 0.0339 e. The van der Waals surface area contributed by atoms with Gasteiger partial charge in [-0.05, 0) is 25.5 Å². The van der Waals surface area contributed by atoms with Crippen LogP contribution in [0.25, 0.3) is 0 Å². The summed E-state index contributed by atoms with van der Waals surface area (Å²) in [5, 5.41) is 3.41. The molecule has 3 nitrogen and oxygen atoms in total. The van der Waals surface area contributed by atoms with Crippen LogP contribution in [0.5, 0.6) is 0 Å². The quantitative estimate of drug-likeness (QED) is 0.792. The maximum absolute atomic E-state index is 4.18. The molecule has 0 amide bonds. The van der Waals surface area contributed by atoms with Crippen LogP contribution in [0.1, 0.15) is 25.5 Å². The molecule has 1 aliphatic heterocycles. The number of aromatic nitrogens is 1. The summed E-state index contributed by atoms with van der Waals surface area (Å²) in [4.78, 5) is 6.72. The zero-order chi connectivity index (χ0) is 10.7. The molecule has 82 valence electrons. The van der Waals surface area contributed by atoms with Gasteiger partial charge in [0.25, 0.3) is 0 Å². The second kappa shape index (κ2) is 4.73. The van der Waals surface area contributed by atoms with Gasteiger partial charge in [-0.3, -0.25) is 9.88 Å². The standard InChI is InChI=1S/C12H19N3/c1-10-8-14-6-7-15(10)11(2)12-4-3-5-13-9-12/h3-5,9-11,14H,6-8H2,1-2H3. The van der Waals surface area contributed by atoms with Crippen LogP contribution in [0, 0.1) is 0 Å². The summed E-state index contributed by atoms with van der Waals surface area (Å²) in [5.74, 6) is 0. The predicted molar refractivity (Wildman–Crippen MR) is 61.7 cm³/mol. The fraction of sp³-hybridized carbons (Fsp3) is 0.583. The molecule has 2 atom stereocenters. The van der Waals surface area contributed by atoms with E-state index in [0.717, 1.165) is 19.6 Å². The summed E-state index contributed by atoms with van der Waals surface area (Å²) in [6.07, 6.45) is 3.80. The highest BCUT2D eigenvalue weighted by atomic mass is 15.2. The Hall–Kier alpha value is -0.930. The van der Waals surface area contributed by atoms with Gasteiger partial charge in [0.1, 0.15) is 0 Å². The van der Waals surface area contributed by atoms with Crippen LogP contribution in [0.15, 0.2) is 24.5 Å². The molecule has 3 heteroatoms. The SMILES string of the molecule is CC1CNCCN1C(C)c1cccnc1. The lowest BCUT2D eigenvalue weighted by Crippen LogP contribution is -2.50. The molecule has 1 fully saturated rings. The van der Waals surface area contributed by atoms with E-state index in [1.165, 1.54) is 5.56 Å². The van der Waals surface area contributed by atoms with E-state index < -0.39 is 0 Å². The van der Waals surface area contributed by atoms with Crippen LogP contribution in [0.4, 0.5) is 0 Å². The summed E-state index contributed by atoms with van der Waals surface area (Å²) < 4.78 is 0. The number of hydrogen-bond acceptors (Lipinski definition) is 3. The summed E-state index contributed by atoms with van der Waals surface area (Å²) in [5.41, 5.74) is 1.31. The minimum Gasteiger partial charge on any atom is -0.314 e. The third kappa shape index (κ3) is 2.36. The Balaban J connectivity index is 2.09. The molecule has 1 N–H and O–H groups in total. The number of rotatable bonds is 2. The lowest BCUT2D eigenvalue weighted by Gasteiger charge is -2.38. The molecule has 0 radical (unpaired) electrons. The van der Waals surface area contributed by atoms with Gasteiger partial charge >= 0.3 is 0 Å². The minimum atomic E-state index is 0.468. The number of nitrogens with zero attached hydrogens (tertiary/aromatic N) is 2. The Labute approximate surface area is 91.5 Å². The van der Waals surface area contributed by atoms with Gasteiger partial charge in [-0.1, -0.05) is 6.07 Å². The molecule has 0 saturated carbocycles. The first-order valence-corrected chi connectivity index (χ1v) is 5.65. The van der Waals surface area contributed by atoms with Crippen LogP contribution in [-0.4, -0.2) is 35.6 Å². The highest BCUT2D eigenvalue weighted by Crippen LogP contribution is 2.22. The van der Waals surface area contributed by atoms with Gasteiger partial charge in [-0.15, -0.1) is 0 Å². The molecule has 0 spiro atoms. The van der Waals surface area contributed by atoms with E-state index in [1.54, 1.807) is 0 Å². The minimum absolute atomic E-state index is 0.468. The monoisotopic (exact) mass is 205 g/mol. The molecule has 0 bridgehead atoms. The molecule has 1 saturated heterocycles. The van der Waals surface area contributed by atoms with Crippen molar-refractivity contribution in [3.05, 3.63) is 30.1 Å². The maximum atomic E-state index is 4.18. The second-order valence-corrected chi connectivity index (χ2v) is 4.25. The fourth-order valence-corrected chi connectivity index (χ4v) is 2.25. The third-order valence-electron chi connectivity index (χ3n) is 3.22. The van der Waals surface area contributed by atoms with Gasteiger partial charge in [0, 0.05) is 44.1 Å². The van der Waals surface area contributed by atoms with Crippen LogP contribution < -0.4 is 5.32 Å². The Kier molecular flexibility index (Phi) is 3.34. The van der Waals surface area contributed by atoms with E-state index in [2.05, 4.69) is 35.1 Å². The van der Waals surface area contributed by atoms with E-state index in [4.69, 9.17) is 0 Å². The summed E-state index contributed by atoms with van der Waals surface area (Å²) in [7, 11) is 0. The number of nitrogens with one attached hydrogen (secondary N) is 1. The Morgan fingerprint density at radius 2 is 2.47 bits per heavy atom. The summed E-state index contributed by atoms with van der Waals surface area (Å²) in [6.45, 7) is 7.84. The van der Waals surface area contributed by atoms with Crippen molar-refractivity contribution in [3.63, 3.8) is 0 Å². The highest BCUT2D eigenvalue weighted by Gasteiger charge is 2.23. The van der Waals surface area contributed by atoms with Gasteiger partial charge in [0.05, 0.1) is 0 Å². The Bertz CT molecular complexity index is 299. The number of hydrogen-bond donors (Lipinski definition) is 1. The van der Waals surface area contributed by atoms with Gasteiger partial charge in [-0.25, -0.2) is 0 Å². The van der Waals surface area contributed by atoms with Gasteiger partial charge in [-0.2, -0.15) is 0 Å². The van der Waals surface area contributed by atoms with Crippen LogP contribution >= 0.6 is 0 Å². The zero-order valence-electron chi connectivity index (χ0n) is 9.48. The van der Waals surface area contributed by atoms with Crippen molar-refractivity contribution in [3.8, 4) is 0 Å². The van der Waals surface area contributed by atoms with E-state index in [0.29, 0.717) is 12.1 Å². The number of piperazine rings is 1. The van der Waals surface area contributed by atoms with Crippen molar-refractivity contribution >= 4 is 0 Å². The average Bonchev–Trinajstić information content (AvgIpc) is 2.30. The average molecular weight is 205 g/mol. The molecule has 1 aromatic heterocycles. The summed E-state index contributed by atoms with van der Waals surface area (Å²) in [6, 6.07) is 5.25. The normalized spacial score (nSPS) is 25.1.